The van der Waals surface area contributed by atoms with Crippen molar-refractivity contribution in [2.75, 3.05) is 0 Å². The van der Waals surface area contributed by atoms with Gasteiger partial charge in [0.1, 0.15) is 5.76 Å². The Morgan fingerprint density at radius 1 is 1.38 bits per heavy atom. The zero-order valence-electron chi connectivity index (χ0n) is 14.0. The molecule has 1 aromatic carbocycles. The molecule has 0 aliphatic carbocycles. The molecule has 26 heavy (non-hydrogen) atoms. The quantitative estimate of drug-likeness (QED) is 0.744. The highest BCUT2D eigenvalue weighted by molar-refractivity contribution is 9.10. The highest BCUT2D eigenvalue weighted by Crippen LogP contribution is 2.41. The van der Waals surface area contributed by atoms with Gasteiger partial charge in [0.05, 0.1) is 34.4 Å². The molecule has 0 saturated carbocycles. The number of amides is 1. The lowest BCUT2D eigenvalue weighted by molar-refractivity contribution is -0.114. The van der Waals surface area contributed by atoms with Gasteiger partial charge in [-0.25, -0.2) is 0 Å². The summed E-state index contributed by atoms with van der Waals surface area (Å²) in [5.41, 5.74) is 8.12. The van der Waals surface area contributed by atoms with E-state index in [2.05, 4.69) is 27.3 Å². The molecule has 0 radical (unpaired) electrons. The fraction of sp³-hybridized carbons (Fsp3) is 0.158. The summed E-state index contributed by atoms with van der Waals surface area (Å²) < 4.78 is 6.50. The van der Waals surface area contributed by atoms with Gasteiger partial charge in [0.2, 0.25) is 5.91 Å². The minimum Gasteiger partial charge on any atom is -0.468 e. The molecule has 0 unspecified atom stereocenters. The number of furan rings is 1. The summed E-state index contributed by atoms with van der Waals surface area (Å²) in [7, 11) is 0. The van der Waals surface area contributed by atoms with E-state index in [0.717, 1.165) is 10.0 Å². The number of thioether (sulfide) groups is 1. The number of nitriles is 1. The summed E-state index contributed by atoms with van der Waals surface area (Å²) in [6.45, 7) is 1.78. The molecule has 3 N–H and O–H groups in total. The van der Waals surface area contributed by atoms with E-state index in [4.69, 9.17) is 10.2 Å². The molecule has 2 aromatic rings. The van der Waals surface area contributed by atoms with Gasteiger partial charge < -0.3 is 15.5 Å². The Hall–Kier alpha value is -2.43. The van der Waals surface area contributed by atoms with Crippen LogP contribution in [-0.4, -0.2) is 5.91 Å². The van der Waals surface area contributed by atoms with Crippen LogP contribution < -0.4 is 11.1 Å². The first-order valence-electron chi connectivity index (χ1n) is 7.83. The van der Waals surface area contributed by atoms with Crippen molar-refractivity contribution in [2.45, 2.75) is 18.6 Å². The average molecular weight is 430 g/mol. The predicted octanol–water partition coefficient (Wildman–Crippen LogP) is 4.16. The number of carbonyl (C=O) groups excluding carboxylic acids is 1. The van der Waals surface area contributed by atoms with Crippen LogP contribution in [0.15, 0.2) is 73.4 Å². The Kier molecular flexibility index (Phi) is 5.55. The summed E-state index contributed by atoms with van der Waals surface area (Å²) in [6, 6.07) is 13.7. The summed E-state index contributed by atoms with van der Waals surface area (Å²) in [6.07, 6.45) is 1.52. The van der Waals surface area contributed by atoms with Crippen molar-refractivity contribution in [1.82, 2.24) is 5.32 Å². The maximum Gasteiger partial charge on any atom is 0.247 e. The molecule has 0 saturated heterocycles. The Bertz CT molecular complexity index is 925. The second-order valence-corrected chi connectivity index (χ2v) is 7.65. The number of nitrogens with zero attached hydrogens (tertiary/aromatic N) is 1. The standard InChI is InChI=1S/C19H16BrN3O2S/c1-11-16(18(22)24)17(15-3-2-8-25-15)14(9-21)19(23-11)26-10-12-4-6-13(20)7-5-12/h2-8,17,23H,10H2,1H3,(H2,22,24)/t17-/m0/s1. The number of nitrogens with two attached hydrogens (primary N) is 1. The molecular formula is C19H16BrN3O2S. The summed E-state index contributed by atoms with van der Waals surface area (Å²) in [5, 5.41) is 13.6. The number of nitrogens with one attached hydrogen (secondary N) is 1. The van der Waals surface area contributed by atoms with Gasteiger partial charge in [-0.2, -0.15) is 5.26 Å². The SMILES string of the molecule is CC1=C(C(N)=O)[C@H](c2ccco2)C(C#N)=C(SCc2ccc(Br)cc2)N1. The molecule has 0 bridgehead atoms. The van der Waals surface area contributed by atoms with Gasteiger partial charge in [-0.05, 0) is 36.8 Å². The Morgan fingerprint density at radius 3 is 2.69 bits per heavy atom. The molecule has 0 spiro atoms. The largest absolute Gasteiger partial charge is 0.468 e. The van der Waals surface area contributed by atoms with Crippen LogP contribution in [0, 0.1) is 11.3 Å². The third-order valence-electron chi connectivity index (χ3n) is 4.04. The van der Waals surface area contributed by atoms with Crippen molar-refractivity contribution < 1.29 is 9.21 Å². The number of benzene rings is 1. The molecule has 1 amide bonds. The predicted molar refractivity (Wildman–Crippen MR) is 105 cm³/mol. The van der Waals surface area contributed by atoms with Crippen LogP contribution in [0.25, 0.3) is 0 Å². The fourth-order valence-corrected chi connectivity index (χ4v) is 4.14. The highest BCUT2D eigenvalue weighted by Gasteiger charge is 2.35. The van der Waals surface area contributed by atoms with Gasteiger partial charge in [-0.1, -0.05) is 28.1 Å². The first-order chi connectivity index (χ1) is 12.5. The van der Waals surface area contributed by atoms with E-state index in [1.54, 1.807) is 19.1 Å². The number of carbonyl (C=O) groups is 1. The first-order valence-corrected chi connectivity index (χ1v) is 9.61. The zero-order chi connectivity index (χ0) is 18.7. The Labute approximate surface area is 164 Å². The summed E-state index contributed by atoms with van der Waals surface area (Å²) >= 11 is 4.93. The minimum absolute atomic E-state index is 0.351. The van der Waals surface area contributed by atoms with Crippen molar-refractivity contribution in [3.8, 4) is 6.07 Å². The van der Waals surface area contributed by atoms with E-state index in [0.29, 0.717) is 33.4 Å². The van der Waals surface area contributed by atoms with Crippen LogP contribution in [-0.2, 0) is 10.5 Å². The number of primary amides is 1. The molecule has 1 aliphatic heterocycles. The third-order valence-corrected chi connectivity index (χ3v) is 5.65. The number of halogens is 1. The molecule has 1 atom stereocenters. The van der Waals surface area contributed by atoms with Gasteiger partial charge in [-0.15, -0.1) is 11.8 Å². The van der Waals surface area contributed by atoms with E-state index in [1.807, 2.05) is 24.3 Å². The number of hydrogen-bond acceptors (Lipinski definition) is 5. The third kappa shape index (κ3) is 3.71. The second-order valence-electron chi connectivity index (χ2n) is 5.75. The monoisotopic (exact) mass is 429 g/mol. The molecule has 1 aliphatic rings. The second kappa shape index (κ2) is 7.85. The van der Waals surface area contributed by atoms with Gasteiger partial charge in [0, 0.05) is 15.9 Å². The van der Waals surface area contributed by atoms with Crippen LogP contribution in [0.4, 0.5) is 0 Å². The maximum atomic E-state index is 12.0. The molecule has 1 aromatic heterocycles. The lowest BCUT2D eigenvalue weighted by Crippen LogP contribution is -2.30. The van der Waals surface area contributed by atoms with Crippen molar-refractivity contribution in [3.63, 3.8) is 0 Å². The first kappa shape index (κ1) is 18.4. The highest BCUT2D eigenvalue weighted by atomic mass is 79.9. The number of hydrogen-bond donors (Lipinski definition) is 2. The topological polar surface area (TPSA) is 92.1 Å². The van der Waals surface area contributed by atoms with Crippen LogP contribution in [0.2, 0.25) is 0 Å². The van der Waals surface area contributed by atoms with Crippen LogP contribution in [0.5, 0.6) is 0 Å². The number of rotatable bonds is 5. The molecule has 132 valence electrons. The minimum atomic E-state index is -0.596. The lowest BCUT2D eigenvalue weighted by atomic mass is 9.86. The van der Waals surface area contributed by atoms with Crippen LogP contribution >= 0.6 is 27.7 Å². The zero-order valence-corrected chi connectivity index (χ0v) is 16.4. The molecule has 5 nitrogen and oxygen atoms in total. The molecule has 3 rings (SSSR count). The normalized spacial score (nSPS) is 17.0. The van der Waals surface area contributed by atoms with E-state index in [1.165, 1.54) is 18.0 Å². The van der Waals surface area contributed by atoms with E-state index >= 15 is 0 Å². The molecule has 0 fully saturated rings. The van der Waals surface area contributed by atoms with Crippen molar-refractivity contribution in [3.05, 3.63) is 80.3 Å². The molecular weight excluding hydrogens is 414 g/mol. The van der Waals surface area contributed by atoms with Gasteiger partial charge >= 0.3 is 0 Å². The number of allylic oxidation sites excluding steroid dienone is 2. The molecule has 2 heterocycles. The van der Waals surface area contributed by atoms with E-state index < -0.39 is 11.8 Å². The van der Waals surface area contributed by atoms with E-state index in [-0.39, 0.29) is 0 Å². The van der Waals surface area contributed by atoms with E-state index in [9.17, 15) is 10.1 Å². The smallest absolute Gasteiger partial charge is 0.247 e. The van der Waals surface area contributed by atoms with Gasteiger partial charge in [0.15, 0.2) is 0 Å². The van der Waals surface area contributed by atoms with Crippen LogP contribution in [0.3, 0.4) is 0 Å². The average Bonchev–Trinajstić information content (AvgIpc) is 3.14. The molecule has 7 heteroatoms. The van der Waals surface area contributed by atoms with Crippen molar-refractivity contribution >= 4 is 33.6 Å². The lowest BCUT2D eigenvalue weighted by Gasteiger charge is -2.27. The summed E-state index contributed by atoms with van der Waals surface area (Å²) in [5.74, 6) is 0.0467. The maximum absolute atomic E-state index is 12.0. The van der Waals surface area contributed by atoms with Gasteiger partial charge in [-0.3, -0.25) is 4.79 Å². The van der Waals surface area contributed by atoms with Gasteiger partial charge in [0.25, 0.3) is 0 Å². The van der Waals surface area contributed by atoms with Crippen molar-refractivity contribution in [1.29, 1.82) is 5.26 Å². The summed E-state index contributed by atoms with van der Waals surface area (Å²) in [4.78, 5) is 12.0. The Balaban J connectivity index is 1.95. The number of dihydropyridines is 1. The fourth-order valence-electron chi connectivity index (χ4n) is 2.83. The van der Waals surface area contributed by atoms with Crippen molar-refractivity contribution in [2.24, 2.45) is 5.73 Å². The van der Waals surface area contributed by atoms with Crippen LogP contribution in [0.1, 0.15) is 24.2 Å². The Morgan fingerprint density at radius 2 is 2.12 bits per heavy atom.